The fourth-order valence-electron chi connectivity index (χ4n) is 1.60. The fraction of sp³-hybridized carbons (Fsp3) is 0.909. The van der Waals surface area contributed by atoms with Gasteiger partial charge in [0.05, 0.1) is 19.8 Å². The Kier molecular flexibility index (Phi) is 5.73. The van der Waals surface area contributed by atoms with Crippen molar-refractivity contribution in [2.45, 2.75) is 18.9 Å². The van der Waals surface area contributed by atoms with Crippen LogP contribution in [0.2, 0.25) is 0 Å². The average molecular weight is 230 g/mol. The van der Waals surface area contributed by atoms with Crippen LogP contribution >= 0.6 is 0 Å². The van der Waals surface area contributed by atoms with Gasteiger partial charge in [-0.3, -0.25) is 9.69 Å². The summed E-state index contributed by atoms with van der Waals surface area (Å²) in [5.41, 5.74) is 0. The number of likely N-dealkylation sites (N-methyl/N-ethyl adjacent to an activating group) is 1. The summed E-state index contributed by atoms with van der Waals surface area (Å²) in [6.07, 6.45) is 2.25. The van der Waals surface area contributed by atoms with Gasteiger partial charge in [-0.05, 0) is 12.8 Å². The van der Waals surface area contributed by atoms with E-state index in [1.165, 1.54) is 0 Å². The highest BCUT2D eigenvalue weighted by Crippen LogP contribution is 2.25. The summed E-state index contributed by atoms with van der Waals surface area (Å²) in [5.74, 6) is 0.132. The first kappa shape index (κ1) is 13.4. The van der Waals surface area contributed by atoms with Crippen LogP contribution in [0, 0.1) is 0 Å². The minimum absolute atomic E-state index is 0.0735. The SMILES string of the molecule is COCCN(CCO)CC(=O)N(C)C1CC1. The number of methoxy groups -OCH3 is 1. The summed E-state index contributed by atoms with van der Waals surface area (Å²) in [5, 5.41) is 8.90. The molecule has 16 heavy (non-hydrogen) atoms. The monoisotopic (exact) mass is 230 g/mol. The second-order valence-corrected chi connectivity index (χ2v) is 4.23. The number of carbonyl (C=O) groups is 1. The van der Waals surface area contributed by atoms with Crippen molar-refractivity contribution in [3.63, 3.8) is 0 Å². The van der Waals surface area contributed by atoms with Gasteiger partial charge in [-0.2, -0.15) is 0 Å². The molecule has 0 atom stereocenters. The molecule has 5 nitrogen and oxygen atoms in total. The number of amides is 1. The van der Waals surface area contributed by atoms with Crippen LogP contribution in [0.1, 0.15) is 12.8 Å². The van der Waals surface area contributed by atoms with Gasteiger partial charge >= 0.3 is 0 Å². The van der Waals surface area contributed by atoms with Crippen LogP contribution in [0.15, 0.2) is 0 Å². The molecule has 0 aromatic heterocycles. The minimum atomic E-state index is 0.0735. The minimum Gasteiger partial charge on any atom is -0.395 e. The first-order chi connectivity index (χ1) is 7.69. The third-order valence-corrected chi connectivity index (χ3v) is 2.87. The Morgan fingerprint density at radius 1 is 1.44 bits per heavy atom. The maximum Gasteiger partial charge on any atom is 0.236 e. The van der Waals surface area contributed by atoms with Crippen molar-refractivity contribution < 1.29 is 14.6 Å². The van der Waals surface area contributed by atoms with E-state index in [1.807, 2.05) is 16.8 Å². The molecule has 0 bridgehead atoms. The van der Waals surface area contributed by atoms with Crippen molar-refractivity contribution >= 4 is 5.91 Å². The molecule has 0 aliphatic heterocycles. The lowest BCUT2D eigenvalue weighted by Crippen LogP contribution is -2.41. The van der Waals surface area contributed by atoms with Gasteiger partial charge in [0.1, 0.15) is 0 Å². The molecule has 1 fully saturated rings. The third-order valence-electron chi connectivity index (χ3n) is 2.87. The smallest absolute Gasteiger partial charge is 0.236 e. The Morgan fingerprint density at radius 3 is 2.62 bits per heavy atom. The van der Waals surface area contributed by atoms with Crippen molar-refractivity contribution in [1.29, 1.82) is 0 Å². The van der Waals surface area contributed by atoms with Crippen LogP contribution in [0.25, 0.3) is 0 Å². The van der Waals surface area contributed by atoms with Gasteiger partial charge in [0.25, 0.3) is 0 Å². The molecule has 1 aliphatic carbocycles. The van der Waals surface area contributed by atoms with Crippen molar-refractivity contribution in [1.82, 2.24) is 9.80 Å². The molecule has 1 rings (SSSR count). The number of hydrogen-bond acceptors (Lipinski definition) is 4. The highest BCUT2D eigenvalue weighted by atomic mass is 16.5. The lowest BCUT2D eigenvalue weighted by molar-refractivity contribution is -0.131. The third kappa shape index (κ3) is 4.47. The molecule has 0 heterocycles. The Hall–Kier alpha value is -0.650. The van der Waals surface area contributed by atoms with Crippen LogP contribution in [-0.2, 0) is 9.53 Å². The van der Waals surface area contributed by atoms with Crippen LogP contribution < -0.4 is 0 Å². The number of hydrogen-bond donors (Lipinski definition) is 1. The molecule has 1 saturated carbocycles. The number of rotatable bonds is 8. The predicted molar refractivity (Wildman–Crippen MR) is 61.2 cm³/mol. The standard InChI is InChI=1S/C11H22N2O3/c1-12(10-3-4-10)11(15)9-13(5-7-14)6-8-16-2/h10,14H,3-9H2,1-2H3. The number of aliphatic hydroxyl groups is 1. The summed E-state index contributed by atoms with van der Waals surface area (Å²) in [7, 11) is 3.49. The van der Waals surface area contributed by atoms with E-state index in [1.54, 1.807) is 7.11 Å². The van der Waals surface area contributed by atoms with Crippen LogP contribution in [0.4, 0.5) is 0 Å². The molecule has 94 valence electrons. The Balaban J connectivity index is 2.30. The van der Waals surface area contributed by atoms with E-state index in [2.05, 4.69) is 0 Å². The zero-order chi connectivity index (χ0) is 12.0. The second-order valence-electron chi connectivity index (χ2n) is 4.23. The maximum atomic E-state index is 11.8. The highest BCUT2D eigenvalue weighted by molar-refractivity contribution is 5.78. The van der Waals surface area contributed by atoms with E-state index in [0.717, 1.165) is 12.8 Å². The second kappa shape index (κ2) is 6.83. The van der Waals surface area contributed by atoms with Crippen molar-refractivity contribution in [2.24, 2.45) is 0 Å². The fourth-order valence-corrected chi connectivity index (χ4v) is 1.60. The van der Waals surface area contributed by atoms with Crippen molar-refractivity contribution in [2.75, 3.05) is 47.0 Å². The molecule has 1 amide bonds. The molecular weight excluding hydrogens is 208 g/mol. The number of ether oxygens (including phenoxy) is 1. The van der Waals surface area contributed by atoms with Crippen LogP contribution in [0.5, 0.6) is 0 Å². The Bertz CT molecular complexity index is 219. The largest absolute Gasteiger partial charge is 0.395 e. The van der Waals surface area contributed by atoms with Gasteiger partial charge in [0.15, 0.2) is 0 Å². The molecule has 1 N–H and O–H groups in total. The molecular formula is C11H22N2O3. The molecule has 0 aromatic rings. The van der Waals surface area contributed by atoms with E-state index < -0.39 is 0 Å². The normalized spacial score (nSPS) is 15.5. The maximum absolute atomic E-state index is 11.8. The molecule has 1 aliphatic rings. The first-order valence-corrected chi connectivity index (χ1v) is 5.77. The van der Waals surface area contributed by atoms with E-state index in [0.29, 0.717) is 32.3 Å². The van der Waals surface area contributed by atoms with Gasteiger partial charge < -0.3 is 14.7 Å². The van der Waals surface area contributed by atoms with E-state index in [9.17, 15) is 4.79 Å². The Labute approximate surface area is 97.0 Å². The van der Waals surface area contributed by atoms with Crippen molar-refractivity contribution in [3.8, 4) is 0 Å². The lowest BCUT2D eigenvalue weighted by atomic mass is 10.4. The molecule has 0 radical (unpaired) electrons. The summed E-state index contributed by atoms with van der Waals surface area (Å²) < 4.78 is 4.97. The zero-order valence-electron chi connectivity index (χ0n) is 10.2. The summed E-state index contributed by atoms with van der Waals surface area (Å²) in [6, 6.07) is 0.450. The quantitative estimate of drug-likeness (QED) is 0.613. The van der Waals surface area contributed by atoms with Crippen molar-refractivity contribution in [3.05, 3.63) is 0 Å². The Morgan fingerprint density at radius 2 is 2.12 bits per heavy atom. The van der Waals surface area contributed by atoms with Crippen LogP contribution in [0.3, 0.4) is 0 Å². The van der Waals surface area contributed by atoms with E-state index in [4.69, 9.17) is 9.84 Å². The molecule has 0 unspecified atom stereocenters. The number of aliphatic hydroxyl groups excluding tert-OH is 1. The number of carbonyl (C=O) groups excluding carboxylic acids is 1. The molecule has 0 spiro atoms. The first-order valence-electron chi connectivity index (χ1n) is 5.77. The van der Waals surface area contributed by atoms with Crippen LogP contribution in [-0.4, -0.2) is 73.9 Å². The molecule has 5 heteroatoms. The predicted octanol–water partition coefficient (Wildman–Crippen LogP) is -0.452. The van der Waals surface area contributed by atoms with Gasteiger partial charge in [-0.1, -0.05) is 0 Å². The van der Waals surface area contributed by atoms with Gasteiger partial charge in [-0.15, -0.1) is 0 Å². The average Bonchev–Trinajstić information content (AvgIpc) is 3.08. The summed E-state index contributed by atoms with van der Waals surface area (Å²) in [6.45, 7) is 2.23. The zero-order valence-corrected chi connectivity index (χ0v) is 10.2. The van der Waals surface area contributed by atoms with Gasteiger partial charge in [-0.25, -0.2) is 0 Å². The number of nitrogens with zero attached hydrogens (tertiary/aromatic N) is 2. The molecule has 0 saturated heterocycles. The topological polar surface area (TPSA) is 53.0 Å². The van der Waals surface area contributed by atoms with E-state index in [-0.39, 0.29) is 12.5 Å². The summed E-state index contributed by atoms with van der Waals surface area (Å²) in [4.78, 5) is 15.6. The lowest BCUT2D eigenvalue weighted by Gasteiger charge is -2.24. The van der Waals surface area contributed by atoms with Gasteiger partial charge in [0, 0.05) is 33.3 Å². The van der Waals surface area contributed by atoms with E-state index >= 15 is 0 Å². The molecule has 0 aromatic carbocycles. The van der Waals surface area contributed by atoms with Gasteiger partial charge in [0.2, 0.25) is 5.91 Å². The highest BCUT2D eigenvalue weighted by Gasteiger charge is 2.29. The summed E-state index contributed by atoms with van der Waals surface area (Å²) >= 11 is 0.